The van der Waals surface area contributed by atoms with Gasteiger partial charge in [0.25, 0.3) is 5.69 Å². The lowest BCUT2D eigenvalue weighted by molar-refractivity contribution is -0.386. The Hall–Kier alpha value is -1.53. The number of hydrogen-bond donors (Lipinski definition) is 0. The van der Waals surface area contributed by atoms with Crippen LogP contribution in [-0.4, -0.2) is 29.4 Å². The molecule has 1 aromatic heterocycles. The highest BCUT2D eigenvalue weighted by molar-refractivity contribution is 5.34. The molecule has 0 aliphatic rings. The molecule has 94 valence electrons. The molecule has 0 unspecified atom stereocenters. The Kier molecular flexibility index (Phi) is 5.51. The molecular formula is C11H16N2O4. The molecule has 6 heteroatoms. The zero-order chi connectivity index (χ0) is 12.7. The number of nitrogens with zero attached hydrogens (tertiary/aromatic N) is 2. The highest BCUT2D eigenvalue weighted by Gasteiger charge is 2.19. The van der Waals surface area contributed by atoms with E-state index in [0.29, 0.717) is 18.9 Å². The lowest BCUT2D eigenvalue weighted by Crippen LogP contribution is -2.21. The van der Waals surface area contributed by atoms with Gasteiger partial charge >= 0.3 is 0 Å². The van der Waals surface area contributed by atoms with E-state index in [9.17, 15) is 10.1 Å². The third-order valence-electron chi connectivity index (χ3n) is 2.13. The van der Waals surface area contributed by atoms with Crippen molar-refractivity contribution in [3.8, 4) is 0 Å². The Labute approximate surface area is 99.7 Å². The van der Waals surface area contributed by atoms with Gasteiger partial charge in [0.2, 0.25) is 0 Å². The number of nitro groups is 1. The molecule has 1 heterocycles. The van der Waals surface area contributed by atoms with Crippen LogP contribution in [-0.2, 0) is 15.9 Å². The molecule has 6 nitrogen and oxygen atoms in total. The lowest BCUT2D eigenvalue weighted by atomic mass is 10.2. The van der Waals surface area contributed by atoms with Crippen molar-refractivity contribution in [1.29, 1.82) is 0 Å². The average Bonchev–Trinajstić information content (AvgIpc) is 2.30. The summed E-state index contributed by atoms with van der Waals surface area (Å²) in [7, 11) is 0. The quantitative estimate of drug-likeness (QED) is 0.413. The predicted octanol–water partition coefficient (Wildman–Crippen LogP) is 1.93. The van der Waals surface area contributed by atoms with Gasteiger partial charge in [-0.1, -0.05) is 0 Å². The van der Waals surface area contributed by atoms with E-state index in [2.05, 4.69) is 4.98 Å². The van der Waals surface area contributed by atoms with E-state index < -0.39 is 11.2 Å². The van der Waals surface area contributed by atoms with Crippen molar-refractivity contribution in [3.63, 3.8) is 0 Å². The molecule has 0 bridgehead atoms. The minimum Gasteiger partial charge on any atom is -0.353 e. The minimum absolute atomic E-state index is 0.00286. The monoisotopic (exact) mass is 240 g/mol. The molecule has 0 amide bonds. The second-order valence-electron chi connectivity index (χ2n) is 3.27. The third kappa shape index (κ3) is 4.08. The van der Waals surface area contributed by atoms with E-state index in [1.165, 1.54) is 18.3 Å². The van der Waals surface area contributed by atoms with Crippen molar-refractivity contribution in [2.45, 2.75) is 26.6 Å². The van der Waals surface area contributed by atoms with Crippen LogP contribution in [0.15, 0.2) is 18.3 Å². The van der Waals surface area contributed by atoms with Gasteiger partial charge in [0.1, 0.15) is 5.69 Å². The summed E-state index contributed by atoms with van der Waals surface area (Å²) < 4.78 is 10.7. The van der Waals surface area contributed by atoms with Gasteiger partial charge in [-0.3, -0.25) is 15.1 Å². The molecule has 0 aromatic carbocycles. The molecule has 17 heavy (non-hydrogen) atoms. The summed E-state index contributed by atoms with van der Waals surface area (Å²) in [6, 6.07) is 2.97. The van der Waals surface area contributed by atoms with E-state index in [0.717, 1.165) is 0 Å². The first kappa shape index (κ1) is 13.5. The largest absolute Gasteiger partial charge is 0.353 e. The summed E-state index contributed by atoms with van der Waals surface area (Å²) >= 11 is 0. The SMILES string of the molecule is CCOC(Cc1ncccc1[N+](=O)[O-])OCC. The average molecular weight is 240 g/mol. The van der Waals surface area contributed by atoms with Crippen LogP contribution in [0.25, 0.3) is 0 Å². The van der Waals surface area contributed by atoms with Crippen molar-refractivity contribution in [3.05, 3.63) is 34.1 Å². The van der Waals surface area contributed by atoms with Crippen LogP contribution >= 0.6 is 0 Å². The van der Waals surface area contributed by atoms with Crippen LogP contribution in [0.1, 0.15) is 19.5 Å². The third-order valence-corrected chi connectivity index (χ3v) is 2.13. The summed E-state index contributed by atoms with van der Waals surface area (Å²) in [5, 5.41) is 10.8. The molecule has 0 fully saturated rings. The Morgan fingerprint density at radius 1 is 1.41 bits per heavy atom. The summed E-state index contributed by atoms with van der Waals surface area (Å²) in [4.78, 5) is 14.4. The number of ether oxygens (including phenoxy) is 2. The van der Waals surface area contributed by atoms with Crippen molar-refractivity contribution in [1.82, 2.24) is 4.98 Å². The molecule has 0 aliphatic carbocycles. The van der Waals surface area contributed by atoms with Crippen LogP contribution in [0, 0.1) is 10.1 Å². The molecule has 1 aromatic rings. The molecule has 1 rings (SSSR count). The van der Waals surface area contributed by atoms with E-state index >= 15 is 0 Å². The van der Waals surface area contributed by atoms with Crippen LogP contribution in [0.3, 0.4) is 0 Å². The lowest BCUT2D eigenvalue weighted by Gasteiger charge is -2.16. The van der Waals surface area contributed by atoms with Gasteiger partial charge in [-0.25, -0.2) is 0 Å². The maximum Gasteiger partial charge on any atom is 0.290 e. The smallest absolute Gasteiger partial charge is 0.290 e. The van der Waals surface area contributed by atoms with E-state index in [4.69, 9.17) is 9.47 Å². The zero-order valence-electron chi connectivity index (χ0n) is 9.96. The maximum atomic E-state index is 10.8. The standard InChI is InChI=1S/C11H16N2O4/c1-3-16-11(17-4-2)8-9-10(13(14)15)6-5-7-12-9/h5-7,11H,3-4,8H2,1-2H3. The first-order valence-electron chi connectivity index (χ1n) is 5.50. The van der Waals surface area contributed by atoms with E-state index in [-0.39, 0.29) is 12.1 Å². The van der Waals surface area contributed by atoms with Crippen molar-refractivity contribution in [2.75, 3.05) is 13.2 Å². The van der Waals surface area contributed by atoms with Crippen LogP contribution < -0.4 is 0 Å². The fourth-order valence-corrected chi connectivity index (χ4v) is 1.45. The summed E-state index contributed by atoms with van der Waals surface area (Å²) in [5.41, 5.74) is 0.376. The topological polar surface area (TPSA) is 74.5 Å². The highest BCUT2D eigenvalue weighted by Crippen LogP contribution is 2.17. The number of pyridine rings is 1. The van der Waals surface area contributed by atoms with Crippen LogP contribution in [0.2, 0.25) is 0 Å². The molecule has 0 spiro atoms. The molecule has 0 radical (unpaired) electrons. The number of aromatic nitrogens is 1. The second kappa shape index (κ2) is 6.93. The van der Waals surface area contributed by atoms with Gasteiger partial charge < -0.3 is 9.47 Å². The summed E-state index contributed by atoms with van der Waals surface area (Å²) in [6.07, 6.45) is 1.31. The molecule has 0 saturated heterocycles. The van der Waals surface area contributed by atoms with Gasteiger partial charge in [-0.2, -0.15) is 0 Å². The van der Waals surface area contributed by atoms with Crippen LogP contribution in [0.4, 0.5) is 5.69 Å². The molecule has 0 N–H and O–H groups in total. The van der Waals surface area contributed by atoms with Gasteiger partial charge in [0.05, 0.1) is 4.92 Å². The Bertz CT molecular complexity index is 364. The highest BCUT2D eigenvalue weighted by atomic mass is 16.7. The first-order chi connectivity index (χ1) is 8.19. The fraction of sp³-hybridized carbons (Fsp3) is 0.545. The van der Waals surface area contributed by atoms with Crippen molar-refractivity contribution >= 4 is 5.69 Å². The van der Waals surface area contributed by atoms with E-state index in [1.54, 1.807) is 0 Å². The predicted molar refractivity (Wildman–Crippen MR) is 61.6 cm³/mol. The molecule has 0 saturated carbocycles. The summed E-state index contributed by atoms with van der Waals surface area (Å²) in [5.74, 6) is 0. The Morgan fingerprint density at radius 2 is 2.06 bits per heavy atom. The maximum absolute atomic E-state index is 10.8. The fourth-order valence-electron chi connectivity index (χ4n) is 1.45. The van der Waals surface area contributed by atoms with E-state index in [1.807, 2.05) is 13.8 Å². The van der Waals surface area contributed by atoms with Gasteiger partial charge in [0.15, 0.2) is 6.29 Å². The Balaban J connectivity index is 2.80. The number of hydrogen-bond acceptors (Lipinski definition) is 5. The van der Waals surface area contributed by atoms with Crippen molar-refractivity contribution in [2.24, 2.45) is 0 Å². The normalized spacial score (nSPS) is 10.8. The van der Waals surface area contributed by atoms with Crippen molar-refractivity contribution < 1.29 is 14.4 Å². The van der Waals surface area contributed by atoms with Crippen LogP contribution in [0.5, 0.6) is 0 Å². The second-order valence-corrected chi connectivity index (χ2v) is 3.27. The van der Waals surface area contributed by atoms with Gasteiger partial charge in [-0.05, 0) is 19.9 Å². The zero-order valence-corrected chi connectivity index (χ0v) is 9.96. The molecule has 0 aliphatic heterocycles. The Morgan fingerprint density at radius 3 is 2.59 bits per heavy atom. The minimum atomic E-state index is -0.487. The number of rotatable bonds is 7. The van der Waals surface area contributed by atoms with Gasteiger partial charge in [-0.15, -0.1) is 0 Å². The summed E-state index contributed by atoms with van der Waals surface area (Å²) in [6.45, 7) is 4.67. The molecular weight excluding hydrogens is 224 g/mol. The van der Waals surface area contributed by atoms with Gasteiger partial charge in [0, 0.05) is 31.9 Å². The molecule has 0 atom stereocenters. The first-order valence-corrected chi connectivity index (χ1v) is 5.50.